The molecule has 8 heteroatoms. The third-order valence-electron chi connectivity index (χ3n) is 3.10. The van der Waals surface area contributed by atoms with Crippen LogP contribution in [-0.4, -0.2) is 48.0 Å². The largest absolute Gasteiger partial charge is 0.358 e. The Hall–Kier alpha value is -1.67. The molecule has 3 N–H and O–H groups in total. The first-order valence-corrected chi connectivity index (χ1v) is 7.78. The number of amides is 3. The number of likely N-dealkylation sites (N-methyl/N-ethyl adjacent to an activating group) is 1. The quantitative estimate of drug-likeness (QED) is 0.767. The molecule has 1 aliphatic rings. The minimum atomic E-state index is -0.238. The van der Waals surface area contributed by atoms with Gasteiger partial charge in [0.25, 0.3) is 0 Å². The van der Waals surface area contributed by atoms with Crippen LogP contribution in [0, 0.1) is 0 Å². The van der Waals surface area contributed by atoms with Gasteiger partial charge in [-0.2, -0.15) is 0 Å². The van der Waals surface area contributed by atoms with Gasteiger partial charge < -0.3 is 10.6 Å². The Morgan fingerprint density at radius 3 is 2.86 bits per heavy atom. The highest BCUT2D eigenvalue weighted by Gasteiger charge is 2.22. The highest BCUT2D eigenvalue weighted by Crippen LogP contribution is 2.28. The molecule has 21 heavy (non-hydrogen) atoms. The lowest BCUT2D eigenvalue weighted by molar-refractivity contribution is -0.121. The van der Waals surface area contributed by atoms with Crippen molar-refractivity contribution in [3.8, 4) is 0 Å². The van der Waals surface area contributed by atoms with E-state index >= 15 is 0 Å². The molecule has 1 aliphatic heterocycles. The SMILES string of the molecule is CNC(=O)CN1CCc2nc(NC(=O)NC(C)C)sc2C1. The predicted octanol–water partition coefficient (Wildman–Crippen LogP) is 0.777. The van der Waals surface area contributed by atoms with Gasteiger partial charge in [0.05, 0.1) is 12.2 Å². The van der Waals surface area contributed by atoms with E-state index in [0.717, 1.165) is 23.5 Å². The van der Waals surface area contributed by atoms with E-state index < -0.39 is 0 Å². The van der Waals surface area contributed by atoms with Gasteiger partial charge in [-0.3, -0.25) is 15.0 Å². The van der Waals surface area contributed by atoms with Crippen LogP contribution in [0.1, 0.15) is 24.4 Å². The lowest BCUT2D eigenvalue weighted by atomic mass is 10.2. The van der Waals surface area contributed by atoms with E-state index in [2.05, 4.69) is 25.8 Å². The molecular formula is C13H21N5O2S. The number of carbonyl (C=O) groups is 2. The molecule has 0 atom stereocenters. The lowest BCUT2D eigenvalue weighted by Crippen LogP contribution is -2.38. The summed E-state index contributed by atoms with van der Waals surface area (Å²) in [6.07, 6.45) is 0.802. The Morgan fingerprint density at radius 2 is 2.19 bits per heavy atom. The summed E-state index contributed by atoms with van der Waals surface area (Å²) in [7, 11) is 1.64. The molecule has 0 fully saturated rings. The van der Waals surface area contributed by atoms with Gasteiger partial charge in [0, 0.05) is 37.5 Å². The molecule has 2 rings (SSSR count). The van der Waals surface area contributed by atoms with Crippen molar-refractivity contribution in [1.29, 1.82) is 0 Å². The Kier molecular flexibility index (Phi) is 5.13. The average Bonchev–Trinajstić information content (AvgIpc) is 2.78. The molecule has 0 radical (unpaired) electrons. The zero-order chi connectivity index (χ0) is 15.4. The number of fused-ring (bicyclic) bond motifs is 1. The van der Waals surface area contributed by atoms with Crippen molar-refractivity contribution in [2.45, 2.75) is 32.9 Å². The molecule has 1 aromatic heterocycles. The van der Waals surface area contributed by atoms with Crippen LogP contribution in [0.5, 0.6) is 0 Å². The minimum Gasteiger partial charge on any atom is -0.358 e. The number of nitrogens with one attached hydrogen (secondary N) is 3. The van der Waals surface area contributed by atoms with E-state index in [0.29, 0.717) is 18.2 Å². The molecule has 7 nitrogen and oxygen atoms in total. The first kappa shape index (κ1) is 15.7. The summed E-state index contributed by atoms with van der Waals surface area (Å²) < 4.78 is 0. The molecule has 0 saturated heterocycles. The summed E-state index contributed by atoms with van der Waals surface area (Å²) in [5, 5.41) is 8.76. The van der Waals surface area contributed by atoms with E-state index in [1.807, 2.05) is 13.8 Å². The predicted molar refractivity (Wildman–Crippen MR) is 82.5 cm³/mol. The number of nitrogens with zero attached hydrogens (tertiary/aromatic N) is 2. The van der Waals surface area contributed by atoms with Gasteiger partial charge in [-0.1, -0.05) is 0 Å². The molecule has 0 bridgehead atoms. The minimum absolute atomic E-state index is 0.0117. The summed E-state index contributed by atoms with van der Waals surface area (Å²) in [4.78, 5) is 30.7. The third kappa shape index (κ3) is 4.40. The number of rotatable bonds is 4. The second-order valence-electron chi connectivity index (χ2n) is 5.28. The average molecular weight is 311 g/mol. The molecule has 0 aliphatic carbocycles. The summed E-state index contributed by atoms with van der Waals surface area (Å²) >= 11 is 1.47. The number of hydrogen-bond acceptors (Lipinski definition) is 5. The highest BCUT2D eigenvalue weighted by atomic mass is 32.1. The number of anilines is 1. The molecule has 2 heterocycles. The topological polar surface area (TPSA) is 86.4 Å². The third-order valence-corrected chi connectivity index (χ3v) is 4.09. The number of thiazole rings is 1. The Morgan fingerprint density at radius 1 is 1.43 bits per heavy atom. The van der Waals surface area contributed by atoms with Gasteiger partial charge in [0.15, 0.2) is 5.13 Å². The van der Waals surface area contributed by atoms with Crippen LogP contribution >= 0.6 is 11.3 Å². The number of hydrogen-bond donors (Lipinski definition) is 3. The molecule has 0 unspecified atom stereocenters. The van der Waals surface area contributed by atoms with E-state index in [1.165, 1.54) is 11.3 Å². The number of urea groups is 1. The van der Waals surface area contributed by atoms with E-state index in [4.69, 9.17) is 0 Å². The molecule has 1 aromatic rings. The van der Waals surface area contributed by atoms with E-state index in [9.17, 15) is 9.59 Å². The van der Waals surface area contributed by atoms with Crippen LogP contribution in [0.25, 0.3) is 0 Å². The van der Waals surface area contributed by atoms with Crippen LogP contribution in [0.15, 0.2) is 0 Å². The molecule has 116 valence electrons. The summed E-state index contributed by atoms with van der Waals surface area (Å²) in [5.41, 5.74) is 1.02. The summed E-state index contributed by atoms with van der Waals surface area (Å²) in [6, 6.07) is -0.152. The molecule has 3 amide bonds. The molecule has 0 saturated carbocycles. The first-order chi connectivity index (χ1) is 9.97. The lowest BCUT2D eigenvalue weighted by Gasteiger charge is -2.24. The fourth-order valence-corrected chi connectivity index (χ4v) is 3.16. The number of carbonyl (C=O) groups excluding carboxylic acids is 2. The standard InChI is InChI=1S/C13H21N5O2S/c1-8(2)15-12(20)17-13-16-9-4-5-18(6-10(9)21-13)7-11(19)14-3/h8H,4-7H2,1-3H3,(H,14,19)(H2,15,16,17,20). The van der Waals surface area contributed by atoms with Crippen LogP contribution in [0.3, 0.4) is 0 Å². The van der Waals surface area contributed by atoms with Crippen molar-refractivity contribution in [3.05, 3.63) is 10.6 Å². The highest BCUT2D eigenvalue weighted by molar-refractivity contribution is 7.15. The van der Waals surface area contributed by atoms with Crippen molar-refractivity contribution in [2.24, 2.45) is 0 Å². The Balaban J connectivity index is 1.96. The molecule has 0 aromatic carbocycles. The smallest absolute Gasteiger partial charge is 0.321 e. The van der Waals surface area contributed by atoms with Gasteiger partial charge in [-0.15, -0.1) is 11.3 Å². The summed E-state index contributed by atoms with van der Waals surface area (Å²) in [5.74, 6) is 0.0117. The van der Waals surface area contributed by atoms with Crippen molar-refractivity contribution in [3.63, 3.8) is 0 Å². The van der Waals surface area contributed by atoms with Gasteiger partial charge in [-0.05, 0) is 13.8 Å². The van der Waals surface area contributed by atoms with E-state index in [-0.39, 0.29) is 18.0 Å². The van der Waals surface area contributed by atoms with Gasteiger partial charge in [-0.25, -0.2) is 9.78 Å². The van der Waals surface area contributed by atoms with Crippen LogP contribution < -0.4 is 16.0 Å². The second-order valence-corrected chi connectivity index (χ2v) is 6.36. The normalized spacial score (nSPS) is 14.7. The molecular weight excluding hydrogens is 290 g/mol. The van der Waals surface area contributed by atoms with Crippen LogP contribution in [-0.2, 0) is 17.8 Å². The van der Waals surface area contributed by atoms with Gasteiger partial charge in [0.1, 0.15) is 0 Å². The van der Waals surface area contributed by atoms with Crippen molar-refractivity contribution < 1.29 is 9.59 Å². The Bertz CT molecular complexity index is 529. The van der Waals surface area contributed by atoms with Crippen molar-refractivity contribution >= 4 is 28.4 Å². The maximum Gasteiger partial charge on any atom is 0.321 e. The van der Waals surface area contributed by atoms with Crippen LogP contribution in [0.2, 0.25) is 0 Å². The Labute approximate surface area is 128 Å². The second kappa shape index (κ2) is 6.86. The summed E-state index contributed by atoms with van der Waals surface area (Å²) in [6.45, 7) is 5.71. The fraction of sp³-hybridized carbons (Fsp3) is 0.615. The van der Waals surface area contributed by atoms with Crippen LogP contribution in [0.4, 0.5) is 9.93 Å². The van der Waals surface area contributed by atoms with Crippen molar-refractivity contribution in [1.82, 2.24) is 20.5 Å². The number of aromatic nitrogens is 1. The van der Waals surface area contributed by atoms with Crippen molar-refractivity contribution in [2.75, 3.05) is 25.5 Å². The maximum absolute atomic E-state index is 11.7. The van der Waals surface area contributed by atoms with Gasteiger partial charge >= 0.3 is 6.03 Å². The zero-order valence-electron chi connectivity index (χ0n) is 12.5. The van der Waals surface area contributed by atoms with Gasteiger partial charge in [0.2, 0.25) is 5.91 Å². The zero-order valence-corrected chi connectivity index (χ0v) is 13.3. The maximum atomic E-state index is 11.7. The van der Waals surface area contributed by atoms with E-state index in [1.54, 1.807) is 7.05 Å². The fourth-order valence-electron chi connectivity index (χ4n) is 2.11. The first-order valence-electron chi connectivity index (χ1n) is 6.97. The molecule has 0 spiro atoms. The monoisotopic (exact) mass is 311 g/mol.